The molecule has 26 heavy (non-hydrogen) atoms. The Balaban J connectivity index is 1.75. The van der Waals surface area contributed by atoms with Gasteiger partial charge in [-0.1, -0.05) is 36.6 Å². The summed E-state index contributed by atoms with van der Waals surface area (Å²) in [7, 11) is -1.92. The van der Waals surface area contributed by atoms with Crippen LogP contribution in [0.15, 0.2) is 53.4 Å². The van der Waals surface area contributed by atoms with Crippen molar-refractivity contribution in [2.75, 3.05) is 12.4 Å². The van der Waals surface area contributed by atoms with Crippen molar-refractivity contribution in [2.45, 2.75) is 36.6 Å². The minimum Gasteiger partial charge on any atom is -0.321 e. The molecular formula is C19H21ClN2O3S. The predicted molar refractivity (Wildman–Crippen MR) is 103 cm³/mol. The largest absolute Gasteiger partial charge is 0.321 e. The Kier molecular flexibility index (Phi) is 5.65. The third kappa shape index (κ3) is 3.92. The number of para-hydroxylation sites is 1. The van der Waals surface area contributed by atoms with Gasteiger partial charge in [-0.25, -0.2) is 8.42 Å². The molecule has 0 saturated heterocycles. The van der Waals surface area contributed by atoms with Crippen LogP contribution in [-0.2, 0) is 10.0 Å². The van der Waals surface area contributed by atoms with Gasteiger partial charge in [0.2, 0.25) is 10.0 Å². The van der Waals surface area contributed by atoms with Crippen LogP contribution < -0.4 is 5.32 Å². The molecule has 1 saturated carbocycles. The lowest BCUT2D eigenvalue weighted by atomic mass is 10.2. The minimum atomic E-state index is -3.55. The Morgan fingerprint density at radius 1 is 1.08 bits per heavy atom. The van der Waals surface area contributed by atoms with Gasteiger partial charge in [0.1, 0.15) is 0 Å². The van der Waals surface area contributed by atoms with E-state index in [0.717, 1.165) is 25.7 Å². The number of benzene rings is 2. The van der Waals surface area contributed by atoms with E-state index >= 15 is 0 Å². The van der Waals surface area contributed by atoms with Gasteiger partial charge in [-0.15, -0.1) is 0 Å². The molecule has 0 atom stereocenters. The van der Waals surface area contributed by atoms with Gasteiger partial charge in [-0.2, -0.15) is 4.31 Å². The minimum absolute atomic E-state index is 0.0585. The van der Waals surface area contributed by atoms with Gasteiger partial charge in [0.25, 0.3) is 5.91 Å². The molecule has 0 unspecified atom stereocenters. The second-order valence-electron chi connectivity index (χ2n) is 6.42. The van der Waals surface area contributed by atoms with Crippen LogP contribution >= 0.6 is 11.6 Å². The van der Waals surface area contributed by atoms with Crippen molar-refractivity contribution < 1.29 is 13.2 Å². The van der Waals surface area contributed by atoms with Gasteiger partial charge >= 0.3 is 0 Å². The molecular weight excluding hydrogens is 372 g/mol. The molecule has 1 aliphatic carbocycles. The van der Waals surface area contributed by atoms with Crippen LogP contribution in [0.1, 0.15) is 36.0 Å². The van der Waals surface area contributed by atoms with E-state index in [1.807, 2.05) is 0 Å². The molecule has 1 N–H and O–H groups in total. The third-order valence-corrected chi connectivity index (χ3v) is 7.01. The highest BCUT2D eigenvalue weighted by Gasteiger charge is 2.30. The van der Waals surface area contributed by atoms with Crippen LogP contribution in [0.3, 0.4) is 0 Å². The van der Waals surface area contributed by atoms with Crippen LogP contribution in [0, 0.1) is 0 Å². The zero-order valence-corrected chi connectivity index (χ0v) is 16.1. The number of amides is 1. The van der Waals surface area contributed by atoms with Gasteiger partial charge < -0.3 is 5.32 Å². The standard InChI is InChI=1S/C19H21ClN2O3S/c1-22(15-6-2-3-7-15)26(24,25)16-12-10-14(11-13-16)19(23)21-18-9-5-4-8-17(18)20/h4-5,8-13,15H,2-3,6-7H2,1H3,(H,21,23). The quantitative estimate of drug-likeness (QED) is 0.830. The molecule has 1 aliphatic rings. The maximum Gasteiger partial charge on any atom is 0.255 e. The van der Waals surface area contributed by atoms with E-state index < -0.39 is 10.0 Å². The van der Waals surface area contributed by atoms with Gasteiger partial charge in [-0.05, 0) is 49.2 Å². The molecule has 2 aromatic rings. The highest BCUT2D eigenvalue weighted by atomic mass is 35.5. The topological polar surface area (TPSA) is 66.5 Å². The Morgan fingerprint density at radius 2 is 1.69 bits per heavy atom. The van der Waals surface area contributed by atoms with E-state index in [-0.39, 0.29) is 16.8 Å². The van der Waals surface area contributed by atoms with Crippen LogP contribution in [0.4, 0.5) is 5.69 Å². The molecule has 0 aromatic heterocycles. The average Bonchev–Trinajstić information content (AvgIpc) is 3.17. The number of sulfonamides is 1. The van der Waals surface area contributed by atoms with Crippen LogP contribution in [0.25, 0.3) is 0 Å². The molecule has 0 bridgehead atoms. The number of carbonyl (C=O) groups is 1. The lowest BCUT2D eigenvalue weighted by molar-refractivity contribution is 0.102. The fourth-order valence-electron chi connectivity index (χ4n) is 3.17. The van der Waals surface area contributed by atoms with Crippen molar-refractivity contribution in [3.63, 3.8) is 0 Å². The first-order chi connectivity index (χ1) is 12.4. The number of anilines is 1. The fraction of sp³-hybridized carbons (Fsp3) is 0.316. The molecule has 5 nitrogen and oxygen atoms in total. The maximum atomic E-state index is 12.7. The van der Waals surface area contributed by atoms with E-state index in [1.165, 1.54) is 28.6 Å². The van der Waals surface area contributed by atoms with E-state index in [1.54, 1.807) is 31.3 Å². The Hall–Kier alpha value is -1.89. The van der Waals surface area contributed by atoms with E-state index in [2.05, 4.69) is 5.32 Å². The number of rotatable bonds is 5. The molecule has 2 aromatic carbocycles. The lowest BCUT2D eigenvalue weighted by Crippen LogP contribution is -2.35. The molecule has 0 radical (unpaired) electrons. The summed E-state index contributed by atoms with van der Waals surface area (Å²) in [4.78, 5) is 12.5. The highest BCUT2D eigenvalue weighted by Crippen LogP contribution is 2.27. The zero-order chi connectivity index (χ0) is 18.7. The summed E-state index contributed by atoms with van der Waals surface area (Å²) in [5.41, 5.74) is 0.879. The summed E-state index contributed by atoms with van der Waals surface area (Å²) < 4.78 is 26.9. The van der Waals surface area contributed by atoms with Crippen molar-refractivity contribution in [3.05, 3.63) is 59.1 Å². The molecule has 0 spiro atoms. The smallest absolute Gasteiger partial charge is 0.255 e. The number of nitrogens with one attached hydrogen (secondary N) is 1. The Bertz CT molecular complexity index is 891. The second kappa shape index (κ2) is 7.78. The van der Waals surface area contributed by atoms with Crippen LogP contribution in [0.5, 0.6) is 0 Å². The van der Waals surface area contributed by atoms with Gasteiger partial charge in [0, 0.05) is 18.7 Å². The first-order valence-corrected chi connectivity index (χ1v) is 10.4. The summed E-state index contributed by atoms with van der Waals surface area (Å²) in [5.74, 6) is -0.341. The van der Waals surface area contributed by atoms with E-state index in [0.29, 0.717) is 16.3 Å². The summed E-state index contributed by atoms with van der Waals surface area (Å²) >= 11 is 6.04. The van der Waals surface area contributed by atoms with Gasteiger partial charge in [-0.3, -0.25) is 4.79 Å². The maximum absolute atomic E-state index is 12.7. The van der Waals surface area contributed by atoms with Crippen molar-refractivity contribution in [3.8, 4) is 0 Å². The van der Waals surface area contributed by atoms with Crippen molar-refractivity contribution in [1.29, 1.82) is 0 Å². The Morgan fingerprint density at radius 3 is 2.31 bits per heavy atom. The zero-order valence-electron chi connectivity index (χ0n) is 14.5. The Labute approximate surface area is 159 Å². The average molecular weight is 393 g/mol. The normalized spacial score (nSPS) is 15.3. The fourth-order valence-corrected chi connectivity index (χ4v) is 4.76. The number of nitrogens with zero attached hydrogens (tertiary/aromatic N) is 1. The molecule has 1 fully saturated rings. The second-order valence-corrected chi connectivity index (χ2v) is 8.82. The van der Waals surface area contributed by atoms with E-state index in [9.17, 15) is 13.2 Å². The first-order valence-electron chi connectivity index (χ1n) is 8.53. The number of hydrogen-bond acceptors (Lipinski definition) is 3. The number of halogens is 1. The molecule has 0 aliphatic heterocycles. The SMILES string of the molecule is CN(C1CCCC1)S(=O)(=O)c1ccc(C(=O)Nc2ccccc2Cl)cc1. The van der Waals surface area contributed by atoms with Crippen LogP contribution in [-0.4, -0.2) is 31.7 Å². The molecule has 0 heterocycles. The molecule has 7 heteroatoms. The molecule has 3 rings (SSSR count). The lowest BCUT2D eigenvalue weighted by Gasteiger charge is -2.23. The summed E-state index contributed by atoms with van der Waals surface area (Å²) in [6.07, 6.45) is 3.92. The molecule has 1 amide bonds. The van der Waals surface area contributed by atoms with Crippen molar-refractivity contribution in [1.82, 2.24) is 4.31 Å². The third-order valence-electron chi connectivity index (χ3n) is 4.75. The van der Waals surface area contributed by atoms with E-state index in [4.69, 9.17) is 11.6 Å². The highest BCUT2D eigenvalue weighted by molar-refractivity contribution is 7.89. The monoisotopic (exact) mass is 392 g/mol. The van der Waals surface area contributed by atoms with Crippen LogP contribution in [0.2, 0.25) is 5.02 Å². The first kappa shape index (κ1) is 18.9. The number of hydrogen-bond donors (Lipinski definition) is 1. The van der Waals surface area contributed by atoms with Crippen molar-refractivity contribution >= 4 is 33.2 Å². The van der Waals surface area contributed by atoms with Crippen molar-refractivity contribution in [2.24, 2.45) is 0 Å². The summed E-state index contributed by atoms with van der Waals surface area (Å²) in [5, 5.41) is 3.16. The van der Waals surface area contributed by atoms with Gasteiger partial charge in [0.15, 0.2) is 0 Å². The molecule has 138 valence electrons. The predicted octanol–water partition coefficient (Wildman–Crippen LogP) is 4.16. The number of carbonyl (C=O) groups excluding carboxylic acids is 1. The summed E-state index contributed by atoms with van der Waals surface area (Å²) in [6.45, 7) is 0. The van der Waals surface area contributed by atoms with Gasteiger partial charge in [0.05, 0.1) is 15.6 Å². The summed E-state index contributed by atoms with van der Waals surface area (Å²) in [6, 6.07) is 13.0.